The number of aromatic nitrogens is 1. The summed E-state index contributed by atoms with van der Waals surface area (Å²) < 4.78 is 11.4. The molecule has 0 fully saturated rings. The van der Waals surface area contributed by atoms with E-state index in [0.29, 0.717) is 23.8 Å². The van der Waals surface area contributed by atoms with Crippen LogP contribution in [-0.2, 0) is 4.74 Å². The minimum Gasteiger partial charge on any atom is -0.462 e. The number of ether oxygens (including phenoxy) is 2. The van der Waals surface area contributed by atoms with Crippen molar-refractivity contribution in [3.8, 4) is 11.6 Å². The SMILES string of the molecule is CCOC(=O)c1ccc(Oc2nccc(C)c2Br)cc1. The number of esters is 1. The molecule has 1 aromatic carbocycles. The number of hydrogen-bond donors (Lipinski definition) is 0. The van der Waals surface area contributed by atoms with Crippen LogP contribution in [0.4, 0.5) is 0 Å². The van der Waals surface area contributed by atoms with Crippen molar-refractivity contribution in [2.75, 3.05) is 6.61 Å². The highest BCUT2D eigenvalue weighted by molar-refractivity contribution is 9.10. The molecule has 0 N–H and O–H groups in total. The molecule has 5 heteroatoms. The van der Waals surface area contributed by atoms with Gasteiger partial charge in [0.25, 0.3) is 0 Å². The fourth-order valence-electron chi connectivity index (χ4n) is 1.57. The number of hydrogen-bond acceptors (Lipinski definition) is 4. The Hall–Kier alpha value is -1.88. The molecular weight excluding hydrogens is 322 g/mol. The van der Waals surface area contributed by atoms with Gasteiger partial charge < -0.3 is 9.47 Å². The van der Waals surface area contributed by atoms with E-state index >= 15 is 0 Å². The van der Waals surface area contributed by atoms with Crippen LogP contribution in [0.15, 0.2) is 41.0 Å². The Morgan fingerprint density at radius 3 is 2.60 bits per heavy atom. The lowest BCUT2D eigenvalue weighted by molar-refractivity contribution is 0.0526. The van der Waals surface area contributed by atoms with E-state index in [4.69, 9.17) is 9.47 Å². The van der Waals surface area contributed by atoms with Gasteiger partial charge in [-0.2, -0.15) is 0 Å². The van der Waals surface area contributed by atoms with E-state index in [9.17, 15) is 4.79 Å². The maximum Gasteiger partial charge on any atom is 0.338 e. The zero-order chi connectivity index (χ0) is 14.5. The highest BCUT2D eigenvalue weighted by Crippen LogP contribution is 2.29. The van der Waals surface area contributed by atoms with E-state index in [2.05, 4.69) is 20.9 Å². The van der Waals surface area contributed by atoms with E-state index in [1.165, 1.54) is 0 Å². The van der Waals surface area contributed by atoms with E-state index in [1.807, 2.05) is 13.0 Å². The Balaban J connectivity index is 2.15. The number of halogens is 1. The fourth-order valence-corrected chi connectivity index (χ4v) is 1.89. The quantitative estimate of drug-likeness (QED) is 0.788. The van der Waals surface area contributed by atoms with Crippen LogP contribution in [0.3, 0.4) is 0 Å². The first-order chi connectivity index (χ1) is 9.61. The normalized spacial score (nSPS) is 10.2. The van der Waals surface area contributed by atoms with Gasteiger partial charge in [0.05, 0.1) is 16.6 Å². The van der Waals surface area contributed by atoms with Crippen molar-refractivity contribution in [1.29, 1.82) is 0 Å². The Morgan fingerprint density at radius 2 is 1.95 bits per heavy atom. The summed E-state index contributed by atoms with van der Waals surface area (Å²) in [5.41, 5.74) is 1.54. The van der Waals surface area contributed by atoms with Gasteiger partial charge in [-0.3, -0.25) is 0 Å². The molecule has 0 bridgehead atoms. The fraction of sp³-hybridized carbons (Fsp3) is 0.200. The minimum absolute atomic E-state index is 0.339. The number of carbonyl (C=O) groups excluding carboxylic acids is 1. The molecule has 0 amide bonds. The highest BCUT2D eigenvalue weighted by atomic mass is 79.9. The van der Waals surface area contributed by atoms with Crippen LogP contribution in [-0.4, -0.2) is 17.6 Å². The summed E-state index contributed by atoms with van der Waals surface area (Å²) in [7, 11) is 0. The zero-order valence-electron chi connectivity index (χ0n) is 11.2. The molecule has 0 saturated heterocycles. The molecule has 0 saturated carbocycles. The van der Waals surface area contributed by atoms with Crippen molar-refractivity contribution >= 4 is 21.9 Å². The average molecular weight is 336 g/mol. The third-order valence-electron chi connectivity index (χ3n) is 2.63. The molecule has 2 aromatic rings. The number of pyridine rings is 1. The average Bonchev–Trinajstić information content (AvgIpc) is 2.45. The van der Waals surface area contributed by atoms with Crippen LogP contribution in [0.5, 0.6) is 11.6 Å². The maximum atomic E-state index is 11.5. The number of carbonyl (C=O) groups is 1. The van der Waals surface area contributed by atoms with Crippen LogP contribution in [0.1, 0.15) is 22.8 Å². The summed E-state index contributed by atoms with van der Waals surface area (Å²) in [4.78, 5) is 15.7. The molecule has 1 aromatic heterocycles. The van der Waals surface area contributed by atoms with E-state index in [0.717, 1.165) is 10.0 Å². The lowest BCUT2D eigenvalue weighted by atomic mass is 10.2. The summed E-state index contributed by atoms with van der Waals surface area (Å²) in [5, 5.41) is 0. The first-order valence-electron chi connectivity index (χ1n) is 6.18. The summed E-state index contributed by atoms with van der Waals surface area (Å²) in [6.45, 7) is 4.09. The predicted molar refractivity (Wildman–Crippen MR) is 79.1 cm³/mol. The highest BCUT2D eigenvalue weighted by Gasteiger charge is 2.09. The van der Waals surface area contributed by atoms with Crippen molar-refractivity contribution in [2.45, 2.75) is 13.8 Å². The lowest BCUT2D eigenvalue weighted by Crippen LogP contribution is -2.04. The third-order valence-corrected chi connectivity index (χ3v) is 3.59. The minimum atomic E-state index is -0.339. The molecule has 1 heterocycles. The van der Waals surface area contributed by atoms with Crippen molar-refractivity contribution < 1.29 is 14.3 Å². The first kappa shape index (κ1) is 14.5. The number of rotatable bonds is 4. The second-order valence-corrected chi connectivity index (χ2v) is 4.89. The Kier molecular flexibility index (Phi) is 4.74. The van der Waals surface area contributed by atoms with Crippen LogP contribution < -0.4 is 4.74 Å². The Labute approximate surface area is 125 Å². The van der Waals surface area contributed by atoms with Gasteiger partial charge >= 0.3 is 5.97 Å². The molecule has 0 aliphatic carbocycles. The summed E-state index contributed by atoms with van der Waals surface area (Å²) in [6.07, 6.45) is 1.68. The molecule has 0 aliphatic heterocycles. The molecule has 0 aliphatic rings. The van der Waals surface area contributed by atoms with Gasteiger partial charge in [0, 0.05) is 6.20 Å². The van der Waals surface area contributed by atoms with Gasteiger partial charge in [-0.05, 0) is 65.7 Å². The Morgan fingerprint density at radius 1 is 1.25 bits per heavy atom. The van der Waals surface area contributed by atoms with E-state index in [1.54, 1.807) is 37.4 Å². The van der Waals surface area contributed by atoms with Crippen LogP contribution in [0, 0.1) is 6.92 Å². The number of nitrogens with zero attached hydrogens (tertiary/aromatic N) is 1. The summed E-state index contributed by atoms with van der Waals surface area (Å²) in [6, 6.07) is 8.64. The molecule has 0 unspecified atom stereocenters. The van der Waals surface area contributed by atoms with Gasteiger partial charge in [-0.15, -0.1) is 0 Å². The number of benzene rings is 1. The maximum absolute atomic E-state index is 11.5. The van der Waals surface area contributed by atoms with Crippen LogP contribution in [0.2, 0.25) is 0 Å². The first-order valence-corrected chi connectivity index (χ1v) is 6.97. The second-order valence-electron chi connectivity index (χ2n) is 4.09. The predicted octanol–water partition coefficient (Wildman–Crippen LogP) is 4.12. The van der Waals surface area contributed by atoms with Crippen molar-refractivity contribution in [1.82, 2.24) is 4.98 Å². The standard InChI is InChI=1S/C15H14BrNO3/c1-3-19-15(18)11-4-6-12(7-5-11)20-14-13(16)10(2)8-9-17-14/h4-9H,3H2,1-2H3. The molecule has 4 nitrogen and oxygen atoms in total. The van der Waals surface area contributed by atoms with Gasteiger partial charge in [0.15, 0.2) is 0 Å². The monoisotopic (exact) mass is 335 g/mol. The molecule has 2 rings (SSSR count). The summed E-state index contributed by atoms with van der Waals surface area (Å²) in [5.74, 6) is 0.764. The largest absolute Gasteiger partial charge is 0.462 e. The molecule has 20 heavy (non-hydrogen) atoms. The number of aryl methyl sites for hydroxylation is 1. The lowest BCUT2D eigenvalue weighted by Gasteiger charge is -2.08. The van der Waals surface area contributed by atoms with E-state index < -0.39 is 0 Å². The van der Waals surface area contributed by atoms with Crippen molar-refractivity contribution in [2.24, 2.45) is 0 Å². The van der Waals surface area contributed by atoms with Gasteiger partial charge in [-0.1, -0.05) is 0 Å². The van der Waals surface area contributed by atoms with Crippen LogP contribution >= 0.6 is 15.9 Å². The van der Waals surface area contributed by atoms with Gasteiger partial charge in [-0.25, -0.2) is 9.78 Å². The Bertz CT molecular complexity index is 611. The van der Waals surface area contributed by atoms with Crippen molar-refractivity contribution in [3.63, 3.8) is 0 Å². The molecule has 0 spiro atoms. The zero-order valence-corrected chi connectivity index (χ0v) is 12.8. The molecular formula is C15H14BrNO3. The van der Waals surface area contributed by atoms with Gasteiger partial charge in [0.2, 0.25) is 5.88 Å². The van der Waals surface area contributed by atoms with E-state index in [-0.39, 0.29) is 5.97 Å². The third kappa shape index (κ3) is 3.36. The molecule has 0 atom stereocenters. The smallest absolute Gasteiger partial charge is 0.338 e. The summed E-state index contributed by atoms with van der Waals surface area (Å²) >= 11 is 3.43. The topological polar surface area (TPSA) is 48.4 Å². The molecule has 104 valence electrons. The molecule has 0 radical (unpaired) electrons. The van der Waals surface area contributed by atoms with Crippen molar-refractivity contribution in [3.05, 3.63) is 52.1 Å². The van der Waals surface area contributed by atoms with Crippen LogP contribution in [0.25, 0.3) is 0 Å². The second kappa shape index (κ2) is 6.52. The van der Waals surface area contributed by atoms with Gasteiger partial charge in [0.1, 0.15) is 5.75 Å².